The number of amidine groups is 1. The number of para-hydroxylation sites is 1. The molecule has 0 aliphatic carbocycles. The zero-order valence-corrected chi connectivity index (χ0v) is 18.1. The Bertz CT molecular complexity index is 1010. The van der Waals surface area contributed by atoms with Gasteiger partial charge in [0.2, 0.25) is 5.91 Å². The Hall–Kier alpha value is -3.33. The maximum Gasteiger partial charge on any atom is 0.328 e. The minimum Gasteiger partial charge on any atom is -0.339 e. The van der Waals surface area contributed by atoms with Crippen molar-refractivity contribution in [1.82, 2.24) is 14.7 Å². The Balaban J connectivity index is 1.43. The maximum atomic E-state index is 13.2. The molecule has 2 heterocycles. The van der Waals surface area contributed by atoms with Crippen LogP contribution in [-0.4, -0.2) is 69.8 Å². The van der Waals surface area contributed by atoms with Gasteiger partial charge in [-0.25, -0.2) is 9.79 Å². The first-order chi connectivity index (χ1) is 15.0. The normalized spacial score (nSPS) is 20.6. The molecule has 0 saturated carbocycles. The van der Waals surface area contributed by atoms with Gasteiger partial charge in [-0.2, -0.15) is 0 Å². The van der Waals surface area contributed by atoms with Crippen LogP contribution in [0.2, 0.25) is 0 Å². The Labute approximate surface area is 184 Å². The molecule has 8 nitrogen and oxygen atoms in total. The third kappa shape index (κ3) is 4.27. The molecule has 1 saturated heterocycles. The van der Waals surface area contributed by atoms with E-state index in [1.807, 2.05) is 60.7 Å². The van der Waals surface area contributed by atoms with Crippen molar-refractivity contribution in [3.05, 3.63) is 66.2 Å². The van der Waals surface area contributed by atoms with Crippen molar-refractivity contribution in [2.75, 3.05) is 25.2 Å². The molecule has 2 aromatic carbocycles. The summed E-state index contributed by atoms with van der Waals surface area (Å²) in [6.07, 6.45) is -0.600. The number of imide groups is 1. The molecule has 0 radical (unpaired) electrons. The lowest BCUT2D eigenvalue weighted by atomic mass is 10.1. The van der Waals surface area contributed by atoms with Gasteiger partial charge in [-0.1, -0.05) is 60.3 Å². The van der Waals surface area contributed by atoms with Crippen molar-refractivity contribution in [2.45, 2.75) is 18.8 Å². The van der Waals surface area contributed by atoms with Crippen LogP contribution in [0.25, 0.3) is 0 Å². The van der Waals surface area contributed by atoms with E-state index in [4.69, 9.17) is 0 Å². The molecule has 4 amide bonds. The predicted octanol–water partition coefficient (Wildman–Crippen LogP) is 2.45. The van der Waals surface area contributed by atoms with Crippen molar-refractivity contribution >= 4 is 40.5 Å². The smallest absolute Gasteiger partial charge is 0.328 e. The predicted molar refractivity (Wildman–Crippen MR) is 120 cm³/mol. The molecule has 0 bridgehead atoms. The molecule has 4 rings (SSSR count). The summed E-state index contributed by atoms with van der Waals surface area (Å²) in [6.45, 7) is 0.210. The number of carbonyl (C=O) groups is 3. The minimum absolute atomic E-state index is 0.150. The molecule has 0 aromatic heterocycles. The number of rotatable bonds is 5. The molecule has 1 N–H and O–H groups in total. The number of hydrogen-bond acceptors (Lipinski definition) is 6. The van der Waals surface area contributed by atoms with E-state index in [0.29, 0.717) is 5.17 Å². The van der Waals surface area contributed by atoms with E-state index in [1.54, 1.807) is 19.0 Å². The average molecular weight is 438 g/mol. The molecule has 1 fully saturated rings. The highest BCUT2D eigenvalue weighted by Gasteiger charge is 2.50. The van der Waals surface area contributed by atoms with Crippen LogP contribution in [0.1, 0.15) is 5.56 Å². The van der Waals surface area contributed by atoms with E-state index in [2.05, 4.69) is 10.3 Å². The van der Waals surface area contributed by atoms with E-state index in [0.717, 1.165) is 11.3 Å². The van der Waals surface area contributed by atoms with Gasteiger partial charge in [-0.05, 0) is 17.7 Å². The van der Waals surface area contributed by atoms with Crippen molar-refractivity contribution in [2.24, 2.45) is 4.99 Å². The number of urea groups is 1. The second-order valence-corrected chi connectivity index (χ2v) is 8.33. The number of likely N-dealkylation sites (N-methyl/N-ethyl adjacent to an activating group) is 2. The molecule has 2 aliphatic rings. The van der Waals surface area contributed by atoms with Gasteiger partial charge in [0, 0.05) is 19.8 Å². The number of amides is 4. The first kappa shape index (κ1) is 20.9. The zero-order chi connectivity index (χ0) is 22.0. The van der Waals surface area contributed by atoms with Crippen LogP contribution < -0.4 is 5.32 Å². The average Bonchev–Trinajstić information content (AvgIpc) is 3.11. The van der Waals surface area contributed by atoms with E-state index in [1.165, 1.54) is 21.6 Å². The van der Waals surface area contributed by atoms with Crippen LogP contribution in [0.15, 0.2) is 65.7 Å². The Kier molecular flexibility index (Phi) is 5.94. The quantitative estimate of drug-likeness (QED) is 0.777. The SMILES string of the molecule is CN1C(=O)N(Cc2ccccc2)C(=O)C2C1N=C(SCC(=O)Nc1ccccc1)N2C. The van der Waals surface area contributed by atoms with E-state index in [-0.39, 0.29) is 30.1 Å². The molecule has 0 spiro atoms. The van der Waals surface area contributed by atoms with Gasteiger partial charge in [0.15, 0.2) is 17.4 Å². The molecule has 2 unspecified atom stereocenters. The van der Waals surface area contributed by atoms with Gasteiger partial charge in [0.1, 0.15) is 0 Å². The van der Waals surface area contributed by atoms with E-state index < -0.39 is 12.2 Å². The van der Waals surface area contributed by atoms with Crippen LogP contribution in [-0.2, 0) is 16.1 Å². The van der Waals surface area contributed by atoms with Gasteiger partial charge >= 0.3 is 6.03 Å². The Morgan fingerprint density at radius 2 is 1.65 bits per heavy atom. The largest absolute Gasteiger partial charge is 0.339 e. The van der Waals surface area contributed by atoms with Crippen LogP contribution in [0.4, 0.5) is 10.5 Å². The summed E-state index contributed by atoms with van der Waals surface area (Å²) in [5, 5.41) is 3.39. The fourth-order valence-corrected chi connectivity index (χ4v) is 4.47. The molecule has 160 valence electrons. The van der Waals surface area contributed by atoms with Crippen molar-refractivity contribution < 1.29 is 14.4 Å². The van der Waals surface area contributed by atoms with Crippen LogP contribution in [0.3, 0.4) is 0 Å². The molecule has 2 aliphatic heterocycles. The lowest BCUT2D eigenvalue weighted by Crippen LogP contribution is -2.64. The standard InChI is InChI=1S/C22H23N5O3S/c1-25-18-19(24-21(25)31-14-17(28)23-16-11-7-4-8-12-16)26(2)22(30)27(20(18)29)13-15-9-5-3-6-10-15/h3-12,18-19H,13-14H2,1-2H3,(H,23,28). The number of carbonyl (C=O) groups excluding carboxylic acids is 3. The summed E-state index contributed by atoms with van der Waals surface area (Å²) >= 11 is 1.25. The van der Waals surface area contributed by atoms with Crippen LogP contribution in [0.5, 0.6) is 0 Å². The van der Waals surface area contributed by atoms with Crippen molar-refractivity contribution in [1.29, 1.82) is 0 Å². The molecule has 9 heteroatoms. The van der Waals surface area contributed by atoms with E-state index >= 15 is 0 Å². The lowest BCUT2D eigenvalue weighted by Gasteiger charge is -2.40. The summed E-state index contributed by atoms with van der Waals surface area (Å²) in [4.78, 5) is 47.4. The first-order valence-corrected chi connectivity index (χ1v) is 10.8. The monoisotopic (exact) mass is 437 g/mol. The van der Waals surface area contributed by atoms with Crippen molar-refractivity contribution in [3.8, 4) is 0 Å². The lowest BCUT2D eigenvalue weighted by molar-refractivity contribution is -0.137. The second-order valence-electron chi connectivity index (χ2n) is 7.39. The first-order valence-electron chi connectivity index (χ1n) is 9.86. The Morgan fingerprint density at radius 1 is 1.00 bits per heavy atom. The van der Waals surface area contributed by atoms with Crippen molar-refractivity contribution in [3.63, 3.8) is 0 Å². The topological polar surface area (TPSA) is 85.3 Å². The highest BCUT2D eigenvalue weighted by atomic mass is 32.2. The molecular formula is C22H23N5O3S. The zero-order valence-electron chi connectivity index (χ0n) is 17.3. The third-order valence-electron chi connectivity index (χ3n) is 5.27. The van der Waals surface area contributed by atoms with Gasteiger partial charge < -0.3 is 15.1 Å². The van der Waals surface area contributed by atoms with Gasteiger partial charge in [-0.3, -0.25) is 14.5 Å². The summed E-state index contributed by atoms with van der Waals surface area (Å²) in [6, 6.07) is 17.6. The summed E-state index contributed by atoms with van der Waals surface area (Å²) < 4.78 is 0. The number of thioether (sulfide) groups is 1. The van der Waals surface area contributed by atoms with E-state index in [9.17, 15) is 14.4 Å². The maximum absolute atomic E-state index is 13.2. The highest BCUT2D eigenvalue weighted by Crippen LogP contribution is 2.30. The number of nitrogens with zero attached hydrogens (tertiary/aromatic N) is 4. The van der Waals surface area contributed by atoms with Gasteiger partial charge in [0.25, 0.3) is 5.91 Å². The third-order valence-corrected chi connectivity index (χ3v) is 6.32. The fourth-order valence-electron chi connectivity index (χ4n) is 3.64. The summed E-state index contributed by atoms with van der Waals surface area (Å²) in [5.41, 5.74) is 1.60. The summed E-state index contributed by atoms with van der Waals surface area (Å²) in [5.74, 6) is -0.298. The molecular weight excluding hydrogens is 414 g/mol. The number of aliphatic imine (C=N–C) groups is 1. The molecule has 2 atom stereocenters. The van der Waals surface area contributed by atoms with Gasteiger partial charge in [0.05, 0.1) is 12.3 Å². The number of hydrogen-bond donors (Lipinski definition) is 1. The van der Waals surface area contributed by atoms with Crippen LogP contribution >= 0.6 is 11.8 Å². The van der Waals surface area contributed by atoms with Gasteiger partial charge in [-0.15, -0.1) is 0 Å². The van der Waals surface area contributed by atoms with Crippen LogP contribution in [0, 0.1) is 0 Å². The minimum atomic E-state index is -0.605. The fraction of sp³-hybridized carbons (Fsp3) is 0.273. The summed E-state index contributed by atoms with van der Waals surface area (Å²) in [7, 11) is 3.42. The number of benzene rings is 2. The number of fused-ring (bicyclic) bond motifs is 1. The number of anilines is 1. The second kappa shape index (κ2) is 8.81. The molecule has 2 aromatic rings. The number of nitrogens with one attached hydrogen (secondary N) is 1. The molecule has 31 heavy (non-hydrogen) atoms. The highest BCUT2D eigenvalue weighted by molar-refractivity contribution is 8.14. The Morgan fingerprint density at radius 3 is 2.32 bits per heavy atom.